The molecule has 0 bridgehead atoms. The van der Waals surface area contributed by atoms with Crippen LogP contribution in [0.5, 0.6) is 6.01 Å². The van der Waals surface area contributed by atoms with Gasteiger partial charge in [-0.25, -0.2) is 4.79 Å². The fourth-order valence-corrected chi connectivity index (χ4v) is 5.51. The molecule has 2 amide bonds. The fourth-order valence-electron chi connectivity index (χ4n) is 5.38. The Labute approximate surface area is 321 Å². The summed E-state index contributed by atoms with van der Waals surface area (Å²) in [5.41, 5.74) is 11.9. The number of hydrogen-bond acceptors (Lipinski definition) is 10. The number of carboxylic acids is 1. The van der Waals surface area contributed by atoms with Gasteiger partial charge in [-0.1, -0.05) is 54.1 Å². The molecular weight excluding hydrogens is 745 g/mol. The van der Waals surface area contributed by atoms with Crippen LogP contribution >= 0.6 is 11.6 Å². The van der Waals surface area contributed by atoms with E-state index >= 15 is 0 Å². The van der Waals surface area contributed by atoms with Gasteiger partial charge < -0.3 is 42.6 Å². The van der Waals surface area contributed by atoms with E-state index in [0.717, 1.165) is 5.56 Å². The lowest BCUT2D eigenvalue weighted by molar-refractivity contribution is -0.154. The van der Waals surface area contributed by atoms with E-state index in [-0.39, 0.29) is 54.9 Å². The molecule has 1 aliphatic carbocycles. The number of carboxylic acid groups (broad SMARTS) is 1. The van der Waals surface area contributed by atoms with Gasteiger partial charge in [0.05, 0.1) is 8.28 Å². The quantitative estimate of drug-likeness (QED) is 0.0426. The first kappa shape index (κ1) is 37.2. The molecule has 1 heterocycles. The number of guanidine groups is 1. The van der Waals surface area contributed by atoms with Crippen molar-refractivity contribution in [3.63, 3.8) is 0 Å². The van der Waals surface area contributed by atoms with Crippen LogP contribution in [0.4, 0.5) is 30.8 Å². The third kappa shape index (κ3) is 12.2. The van der Waals surface area contributed by atoms with E-state index in [9.17, 15) is 32.7 Å². The number of aromatic nitrogens is 3. The molecule has 15 nitrogen and oxygen atoms in total. The summed E-state index contributed by atoms with van der Waals surface area (Å²) in [6.07, 6.45) is -3.86. The van der Waals surface area contributed by atoms with Gasteiger partial charge in [-0.2, -0.15) is 28.1 Å². The molecule has 0 aliphatic heterocycles. The predicted molar refractivity (Wildman–Crippen MR) is 198 cm³/mol. The maximum atomic E-state index is 13.4. The van der Waals surface area contributed by atoms with Gasteiger partial charge in [-0.3, -0.25) is 14.6 Å². The second kappa shape index (κ2) is 17.8. The molecule has 5 rings (SSSR count). The number of nitrogens with one attached hydrogen (secondary N) is 4. The summed E-state index contributed by atoms with van der Waals surface area (Å²) < 4.78 is 59.5. The molecular formula is C36H38ClF3N10O5. The van der Waals surface area contributed by atoms with Crippen molar-refractivity contribution in [1.82, 2.24) is 25.6 Å². The molecule has 19 heteroatoms. The van der Waals surface area contributed by atoms with Crippen LogP contribution in [0.2, 0.25) is 5.02 Å². The number of aliphatic carboxylic acids is 1. The number of nitrogens with two attached hydrogens (primary N) is 2. The SMILES string of the molecule is [2H]C([2H])(Oc1nc(Nc2ccc(C(=O)N[C@H](CCCN=C(N)N)C(=O)N[C@@H](Cc3ccccc3)C(=O)O)cc2)nc(NC2(c3ccc(Cl)cc3)CC2)n1)C(F)(F)F. The topological polar surface area (TPSA) is 232 Å². The Bertz CT molecular complexity index is 2070. The number of amides is 2. The number of alkyl halides is 3. The highest BCUT2D eigenvalue weighted by Gasteiger charge is 2.45. The van der Waals surface area contributed by atoms with E-state index < -0.39 is 54.2 Å². The maximum Gasteiger partial charge on any atom is 0.422 e. The number of benzene rings is 3. The molecule has 1 saturated carbocycles. The van der Waals surface area contributed by atoms with Gasteiger partial charge in [-0.15, -0.1) is 0 Å². The Hall–Kier alpha value is -6.17. The number of nitrogens with zero attached hydrogens (tertiary/aromatic N) is 4. The van der Waals surface area contributed by atoms with Crippen LogP contribution in [-0.2, 0) is 21.5 Å². The standard InChI is InChI=1S/C36H38ClF3N10O5/c37-24-12-10-23(11-13-24)35(16-17-35)50-33-47-32(48-34(49-33)55-20-36(38,39)40)44-25-14-8-22(9-15-25)28(51)45-26(7-4-18-43-31(41)42)29(52)46-27(30(53)54)19-21-5-2-1-3-6-21/h1-3,5-6,8-15,26-27H,4,7,16-20H2,(H,45,51)(H,46,52)(H,53,54)(H4,41,42,43)(H2,44,47,48,49,50)/t26-,27+/m1/s1/i20D2. The van der Waals surface area contributed by atoms with E-state index in [1.807, 2.05) is 0 Å². The average molecular weight is 785 g/mol. The van der Waals surface area contributed by atoms with Crippen LogP contribution in [0.25, 0.3) is 0 Å². The number of ether oxygens (including phenoxy) is 1. The third-order valence-electron chi connectivity index (χ3n) is 8.24. The van der Waals surface area contributed by atoms with Crippen molar-refractivity contribution in [2.45, 2.75) is 55.9 Å². The highest BCUT2D eigenvalue weighted by molar-refractivity contribution is 6.30. The van der Waals surface area contributed by atoms with E-state index in [2.05, 4.69) is 45.9 Å². The summed E-state index contributed by atoms with van der Waals surface area (Å²) >= 11 is 6.03. The van der Waals surface area contributed by atoms with Gasteiger partial charge in [0.15, 0.2) is 12.5 Å². The lowest BCUT2D eigenvalue weighted by atomic mass is 10.0. The van der Waals surface area contributed by atoms with Gasteiger partial charge in [-0.05, 0) is 73.2 Å². The molecule has 0 radical (unpaired) electrons. The summed E-state index contributed by atoms with van der Waals surface area (Å²) in [4.78, 5) is 54.7. The number of aliphatic imine (C=N–C) groups is 1. The molecule has 2 atom stereocenters. The summed E-state index contributed by atoms with van der Waals surface area (Å²) in [5.74, 6) is -3.39. The second-order valence-electron chi connectivity index (χ2n) is 12.4. The molecule has 3 aromatic carbocycles. The molecule has 290 valence electrons. The molecule has 1 aliphatic rings. The van der Waals surface area contributed by atoms with E-state index in [1.54, 1.807) is 54.6 Å². The summed E-state index contributed by atoms with van der Waals surface area (Å²) in [6.45, 7) is -4.00. The lowest BCUT2D eigenvalue weighted by Gasteiger charge is -2.21. The molecule has 4 aromatic rings. The number of carbonyl (C=O) groups excluding carboxylic acids is 2. The monoisotopic (exact) mass is 784 g/mol. The minimum atomic E-state index is -5.41. The summed E-state index contributed by atoms with van der Waals surface area (Å²) in [5, 5.41) is 21.3. The molecule has 1 aromatic heterocycles. The van der Waals surface area contributed by atoms with Crippen molar-refractivity contribution in [1.29, 1.82) is 0 Å². The molecule has 55 heavy (non-hydrogen) atoms. The average Bonchev–Trinajstić information content (AvgIpc) is 3.92. The normalized spacial score (nSPS) is 14.9. The predicted octanol–water partition coefficient (Wildman–Crippen LogP) is 4.28. The third-order valence-corrected chi connectivity index (χ3v) is 8.49. The van der Waals surface area contributed by atoms with Crippen LogP contribution in [0.15, 0.2) is 83.9 Å². The minimum absolute atomic E-state index is 0.00392. The van der Waals surface area contributed by atoms with Gasteiger partial charge in [0.25, 0.3) is 5.91 Å². The van der Waals surface area contributed by atoms with Crippen LogP contribution in [0.3, 0.4) is 0 Å². The Morgan fingerprint density at radius 2 is 1.62 bits per heavy atom. The number of rotatable bonds is 18. The summed E-state index contributed by atoms with van der Waals surface area (Å²) in [6, 6.07) is 17.8. The van der Waals surface area contributed by atoms with Gasteiger partial charge in [0.2, 0.25) is 17.8 Å². The van der Waals surface area contributed by atoms with Crippen molar-refractivity contribution >= 4 is 52.9 Å². The van der Waals surface area contributed by atoms with Crippen molar-refractivity contribution < 1.29 is 40.1 Å². The van der Waals surface area contributed by atoms with Crippen molar-refractivity contribution in [2.24, 2.45) is 16.5 Å². The van der Waals surface area contributed by atoms with Gasteiger partial charge >= 0.3 is 18.2 Å². The zero-order chi connectivity index (χ0) is 41.4. The lowest BCUT2D eigenvalue weighted by Crippen LogP contribution is -2.52. The van der Waals surface area contributed by atoms with Crippen molar-refractivity contribution in [2.75, 3.05) is 23.7 Å². The fraction of sp³-hybridized carbons (Fsp3) is 0.306. The first-order valence-corrected chi connectivity index (χ1v) is 17.2. The van der Waals surface area contributed by atoms with E-state index in [4.69, 9.17) is 25.8 Å². The number of halogens is 4. The second-order valence-corrected chi connectivity index (χ2v) is 12.9. The summed E-state index contributed by atoms with van der Waals surface area (Å²) in [7, 11) is 0. The van der Waals surface area contributed by atoms with Crippen molar-refractivity contribution in [3.8, 4) is 6.01 Å². The minimum Gasteiger partial charge on any atom is -0.480 e. The zero-order valence-electron chi connectivity index (χ0n) is 30.9. The first-order valence-electron chi connectivity index (χ1n) is 17.8. The number of carbonyl (C=O) groups is 3. The van der Waals surface area contributed by atoms with Crippen molar-refractivity contribution in [3.05, 3.63) is 101 Å². The smallest absolute Gasteiger partial charge is 0.422 e. The largest absolute Gasteiger partial charge is 0.480 e. The Morgan fingerprint density at radius 3 is 2.24 bits per heavy atom. The van der Waals surface area contributed by atoms with E-state index in [0.29, 0.717) is 23.4 Å². The highest BCUT2D eigenvalue weighted by Crippen LogP contribution is 2.48. The molecule has 9 N–H and O–H groups in total. The molecule has 1 fully saturated rings. The van der Waals surface area contributed by atoms with E-state index in [1.165, 1.54) is 24.3 Å². The number of hydrogen-bond donors (Lipinski definition) is 7. The Morgan fingerprint density at radius 1 is 0.945 bits per heavy atom. The Kier molecular flexibility index (Phi) is 12.0. The zero-order valence-corrected chi connectivity index (χ0v) is 29.7. The van der Waals surface area contributed by atoms with Crippen LogP contribution in [0, 0.1) is 0 Å². The maximum absolute atomic E-state index is 13.4. The van der Waals surface area contributed by atoms with Crippen LogP contribution in [0.1, 0.15) is 49.9 Å². The molecule has 0 unspecified atom stereocenters. The molecule has 0 spiro atoms. The highest BCUT2D eigenvalue weighted by atomic mass is 35.5. The Balaban J connectivity index is 1.32. The van der Waals surface area contributed by atoms with Crippen LogP contribution in [-0.4, -0.2) is 75.2 Å². The molecule has 0 saturated heterocycles. The van der Waals surface area contributed by atoms with Gasteiger partial charge in [0, 0.05) is 29.2 Å². The number of anilines is 3. The van der Waals surface area contributed by atoms with Crippen LogP contribution < -0.4 is 37.5 Å². The first-order chi connectivity index (χ1) is 26.9. The van der Waals surface area contributed by atoms with Gasteiger partial charge in [0.1, 0.15) is 12.1 Å².